The fourth-order valence-corrected chi connectivity index (χ4v) is 1.46. The van der Waals surface area contributed by atoms with Gasteiger partial charge in [-0.2, -0.15) is 0 Å². The van der Waals surface area contributed by atoms with Gasteiger partial charge in [0.15, 0.2) is 6.04 Å². The Labute approximate surface area is 117 Å². The van der Waals surface area contributed by atoms with Gasteiger partial charge in [-0.25, -0.2) is 4.79 Å². The maximum Gasteiger partial charge on any atom is 0.443 e. The van der Waals surface area contributed by atoms with Crippen molar-refractivity contribution in [3.05, 3.63) is 40.9 Å². The highest BCUT2D eigenvalue weighted by molar-refractivity contribution is 6.44. The van der Waals surface area contributed by atoms with Crippen molar-refractivity contribution in [1.29, 1.82) is 5.41 Å². The maximum atomic E-state index is 11.8. The predicted molar refractivity (Wildman–Crippen MR) is 74.8 cm³/mol. The number of nitrogens with one attached hydrogen (secondary N) is 1. The van der Waals surface area contributed by atoms with Crippen LogP contribution < -0.4 is 0 Å². The quantitative estimate of drug-likeness (QED) is 0.390. The van der Waals surface area contributed by atoms with Crippen molar-refractivity contribution >= 4 is 29.8 Å². The molecule has 0 saturated heterocycles. The lowest BCUT2D eigenvalue weighted by Gasteiger charge is -2.04. The molecule has 1 N–H and O–H groups in total. The lowest BCUT2D eigenvalue weighted by molar-refractivity contribution is -0.479. The number of benzene rings is 1. The Hall–Kier alpha value is -1.90. The van der Waals surface area contributed by atoms with E-state index >= 15 is 0 Å². The molecule has 0 bridgehead atoms. The van der Waals surface area contributed by atoms with Gasteiger partial charge in [0.25, 0.3) is 0 Å². The summed E-state index contributed by atoms with van der Waals surface area (Å²) in [5.41, 5.74) is 1.00. The smallest absolute Gasteiger partial charge is 0.443 e. The van der Waals surface area contributed by atoms with Gasteiger partial charge in [0.1, 0.15) is 6.61 Å². The summed E-state index contributed by atoms with van der Waals surface area (Å²) in [5, 5.41) is 6.59. The van der Waals surface area contributed by atoms with Crippen molar-refractivity contribution in [1.82, 2.24) is 0 Å². The fraction of sp³-hybridized carbons (Fsp3) is 0.286. The number of hydrogen-bond donors (Lipinski definition) is 1. The molecule has 1 aromatic carbocycles. The normalized spacial score (nSPS) is 11.1. The van der Waals surface area contributed by atoms with E-state index < -0.39 is 5.91 Å². The average molecular weight is 280 g/mol. The molecule has 4 nitrogen and oxygen atoms in total. The Morgan fingerprint density at radius 3 is 2.63 bits per heavy atom. The molecule has 0 aliphatic heterocycles. The van der Waals surface area contributed by atoms with Gasteiger partial charge < -0.3 is 4.74 Å². The summed E-state index contributed by atoms with van der Waals surface area (Å²) >= 11 is 5.60. The van der Waals surface area contributed by atoms with Crippen LogP contribution in [0, 0.1) is 5.41 Å². The van der Waals surface area contributed by atoms with E-state index in [1.807, 2.05) is 50.0 Å². The van der Waals surface area contributed by atoms with Crippen molar-refractivity contribution < 1.29 is 14.1 Å². The van der Waals surface area contributed by atoms with Crippen LogP contribution in [0.5, 0.6) is 0 Å². The van der Waals surface area contributed by atoms with Gasteiger partial charge >= 0.3 is 12.3 Å². The number of rotatable bonds is 5. The van der Waals surface area contributed by atoms with Crippen LogP contribution in [0.3, 0.4) is 0 Å². The molecule has 1 aromatic rings. The van der Waals surface area contributed by atoms with E-state index in [0.717, 1.165) is 5.56 Å². The maximum absolute atomic E-state index is 11.8. The molecule has 0 radical (unpaired) electrons. The van der Waals surface area contributed by atoms with Crippen molar-refractivity contribution in [2.45, 2.75) is 26.5 Å². The molecule has 0 fully saturated rings. The molecule has 0 heterocycles. The number of carbonyl (C=O) groups is 1. The fourth-order valence-electron chi connectivity index (χ4n) is 1.36. The zero-order valence-corrected chi connectivity index (χ0v) is 11.6. The Morgan fingerprint density at radius 2 is 2.11 bits per heavy atom. The molecule has 0 aromatic heterocycles. The second kappa shape index (κ2) is 7.52. The van der Waals surface area contributed by atoms with Crippen LogP contribution in [0.25, 0.3) is 0 Å². The van der Waals surface area contributed by atoms with Gasteiger partial charge in [-0.05, 0) is 19.4 Å². The second-order valence-corrected chi connectivity index (χ2v) is 4.53. The highest BCUT2D eigenvalue weighted by Crippen LogP contribution is 2.03. The number of nitrogens with zero attached hydrogens (tertiary/aromatic N) is 1. The number of amides is 1. The first-order chi connectivity index (χ1) is 9.06. The predicted octanol–water partition coefficient (Wildman–Crippen LogP) is 2.55. The number of hydrogen-bond acceptors (Lipinski definition) is 3. The third-order valence-electron chi connectivity index (χ3n) is 2.37. The average Bonchev–Trinajstić information content (AvgIpc) is 2.42. The Balaban J connectivity index is 2.75. The minimum absolute atomic E-state index is 0.120. The Kier molecular flexibility index (Phi) is 6.00. The van der Waals surface area contributed by atoms with Crippen LogP contribution in [-0.4, -0.2) is 28.8 Å². The van der Waals surface area contributed by atoms with Crippen molar-refractivity contribution in [3.8, 4) is 0 Å². The SMILES string of the molecule is CC(C)[N+](=COCc1ccccc1)C(=O)C(Cl)=C=N. The summed E-state index contributed by atoms with van der Waals surface area (Å²) in [5.74, 6) is 1.37. The van der Waals surface area contributed by atoms with Crippen LogP contribution in [0.4, 0.5) is 0 Å². The molecular weight excluding hydrogens is 264 g/mol. The first-order valence-electron chi connectivity index (χ1n) is 5.83. The van der Waals surface area contributed by atoms with Gasteiger partial charge in [0.2, 0.25) is 5.03 Å². The third-order valence-corrected chi connectivity index (χ3v) is 2.63. The molecule has 100 valence electrons. The number of ether oxygens (including phenoxy) is 1. The monoisotopic (exact) mass is 279 g/mol. The summed E-state index contributed by atoms with van der Waals surface area (Å²) in [4.78, 5) is 11.8. The van der Waals surface area contributed by atoms with Crippen molar-refractivity contribution in [3.63, 3.8) is 0 Å². The highest BCUT2D eigenvalue weighted by atomic mass is 35.5. The van der Waals surface area contributed by atoms with Gasteiger partial charge in [-0.3, -0.25) is 5.41 Å². The zero-order valence-electron chi connectivity index (χ0n) is 10.9. The summed E-state index contributed by atoms with van der Waals surface area (Å²) in [6, 6.07) is 9.49. The van der Waals surface area contributed by atoms with Crippen LogP contribution in [-0.2, 0) is 16.1 Å². The van der Waals surface area contributed by atoms with E-state index in [9.17, 15) is 4.79 Å². The lowest BCUT2D eigenvalue weighted by Crippen LogP contribution is -2.29. The van der Waals surface area contributed by atoms with Gasteiger partial charge in [-0.1, -0.05) is 41.9 Å². The van der Waals surface area contributed by atoms with E-state index in [1.54, 1.807) is 0 Å². The van der Waals surface area contributed by atoms with Crippen LogP contribution in [0.2, 0.25) is 0 Å². The first-order valence-corrected chi connectivity index (χ1v) is 6.20. The molecule has 0 aliphatic carbocycles. The molecular formula is C14H16ClN2O2+. The number of halogens is 1. The summed E-state index contributed by atoms with van der Waals surface area (Å²) in [6.45, 7) is 4.02. The van der Waals surface area contributed by atoms with Crippen LogP contribution in [0.15, 0.2) is 35.4 Å². The molecule has 0 aliphatic rings. The van der Waals surface area contributed by atoms with Gasteiger partial charge in [-0.15, -0.1) is 4.58 Å². The summed E-state index contributed by atoms with van der Waals surface area (Å²) < 4.78 is 6.70. The summed E-state index contributed by atoms with van der Waals surface area (Å²) in [7, 11) is 0. The van der Waals surface area contributed by atoms with Gasteiger partial charge in [0, 0.05) is 5.87 Å². The topological polar surface area (TPSA) is 53.2 Å². The largest absolute Gasteiger partial charge is 0.445 e. The van der Waals surface area contributed by atoms with E-state index in [0.29, 0.717) is 6.61 Å². The molecule has 1 amide bonds. The third kappa shape index (κ3) is 4.70. The zero-order chi connectivity index (χ0) is 14.3. The highest BCUT2D eigenvalue weighted by Gasteiger charge is 2.25. The molecule has 19 heavy (non-hydrogen) atoms. The lowest BCUT2D eigenvalue weighted by atomic mass is 10.2. The minimum atomic E-state index is -0.500. The molecule has 0 atom stereocenters. The molecule has 5 heteroatoms. The number of carbonyl (C=O) groups excluding carboxylic acids is 1. The standard InChI is InChI=1S/C14H16ClN2O2/c1-11(2)17(14(18)13(15)8-16)10-19-9-12-6-4-3-5-7-12/h3-7,10-11,16H,9H2,1-2H3/q+1. The summed E-state index contributed by atoms with van der Waals surface area (Å²) in [6.07, 6.45) is 1.33. The van der Waals surface area contributed by atoms with E-state index in [4.69, 9.17) is 21.7 Å². The van der Waals surface area contributed by atoms with Crippen molar-refractivity contribution in [2.24, 2.45) is 0 Å². The van der Waals surface area contributed by atoms with Crippen LogP contribution >= 0.6 is 11.6 Å². The van der Waals surface area contributed by atoms with Gasteiger partial charge in [0.05, 0.1) is 0 Å². The van der Waals surface area contributed by atoms with E-state index in [2.05, 4.69) is 0 Å². The Bertz CT molecular complexity index is 518. The molecule has 1 rings (SSSR count). The second-order valence-electron chi connectivity index (χ2n) is 4.15. The van der Waals surface area contributed by atoms with E-state index in [1.165, 1.54) is 11.0 Å². The Morgan fingerprint density at radius 1 is 1.47 bits per heavy atom. The first kappa shape index (κ1) is 15.2. The van der Waals surface area contributed by atoms with E-state index in [-0.39, 0.29) is 11.1 Å². The molecule has 0 spiro atoms. The van der Waals surface area contributed by atoms with Crippen molar-refractivity contribution in [2.75, 3.05) is 0 Å². The molecule has 0 saturated carbocycles. The van der Waals surface area contributed by atoms with Crippen LogP contribution in [0.1, 0.15) is 19.4 Å². The molecule has 0 unspecified atom stereocenters. The minimum Gasteiger partial charge on any atom is -0.445 e.